The summed E-state index contributed by atoms with van der Waals surface area (Å²) in [6, 6.07) is 15.6. The number of aromatic nitrogens is 6. The second-order valence-corrected chi connectivity index (χ2v) is 11.8. The van der Waals surface area contributed by atoms with Gasteiger partial charge in [-0.1, -0.05) is 41.9 Å². The minimum absolute atomic E-state index is 0.159. The minimum Gasteiger partial charge on any atom is -0.490 e. The summed E-state index contributed by atoms with van der Waals surface area (Å²) in [5, 5.41) is 7.98. The number of pyridine rings is 3. The van der Waals surface area contributed by atoms with Crippen LogP contribution in [-0.2, 0) is 29.7 Å². The lowest BCUT2D eigenvalue weighted by Crippen LogP contribution is -2.25. The van der Waals surface area contributed by atoms with Crippen LogP contribution in [0.3, 0.4) is 0 Å². The predicted octanol–water partition coefficient (Wildman–Crippen LogP) is 6.09. The zero-order valence-electron chi connectivity index (χ0n) is 26.1. The molecule has 1 aromatic carbocycles. The number of aryl methyl sites for hydroxylation is 1. The Bertz CT molecular complexity index is 2090. The van der Waals surface area contributed by atoms with Crippen molar-refractivity contribution in [3.63, 3.8) is 0 Å². The number of fused-ring (bicyclic) bond motifs is 2. The third-order valence-electron chi connectivity index (χ3n) is 8.03. The van der Waals surface area contributed by atoms with Gasteiger partial charge in [0.15, 0.2) is 17.1 Å². The van der Waals surface area contributed by atoms with Gasteiger partial charge in [-0.05, 0) is 48.1 Å². The average molecular weight is 656 g/mol. The number of methoxy groups -OCH3 is 1. The monoisotopic (exact) mass is 655 g/mol. The van der Waals surface area contributed by atoms with E-state index in [-0.39, 0.29) is 5.56 Å². The Kier molecular flexibility index (Phi) is 8.79. The highest BCUT2D eigenvalue weighted by molar-refractivity contribution is 6.36. The first kappa shape index (κ1) is 30.7. The van der Waals surface area contributed by atoms with E-state index in [0.29, 0.717) is 84.0 Å². The highest BCUT2D eigenvalue weighted by Gasteiger charge is 2.26. The SMILES string of the molecule is COCCOc1ccc2c(Oc3cnc4nc(Nc5cc(C6CC6)cn(CCOCc6ccccc6)c5=O)n(C)c4c3Cl)cnn2c1. The smallest absolute Gasteiger partial charge is 0.274 e. The van der Waals surface area contributed by atoms with Gasteiger partial charge in [0.05, 0.1) is 38.4 Å². The lowest BCUT2D eigenvalue weighted by molar-refractivity contribution is 0.112. The predicted molar refractivity (Wildman–Crippen MR) is 178 cm³/mol. The standard InChI is InChI=1S/C34H34ClN7O5/c1-40-31-30(35)29(47-28-18-37-42-20-25(10-11-27(28)42)46-15-14-44-2)17-36-32(31)39-34(40)38-26-16-24(23-8-9-23)19-41(33(26)43)12-13-45-21-22-6-4-3-5-7-22/h3-7,10-11,16-20,23H,8-9,12-15,21H2,1-2H3,(H,36,38,39). The number of hydrogen-bond donors (Lipinski definition) is 1. The van der Waals surface area contributed by atoms with E-state index in [9.17, 15) is 4.79 Å². The molecule has 6 aromatic rings. The van der Waals surface area contributed by atoms with Gasteiger partial charge in [-0.2, -0.15) is 10.1 Å². The van der Waals surface area contributed by atoms with Crippen molar-refractivity contribution >= 4 is 39.9 Å². The summed E-state index contributed by atoms with van der Waals surface area (Å²) in [5.41, 5.74) is 4.18. The Balaban J connectivity index is 1.10. The van der Waals surface area contributed by atoms with Crippen molar-refractivity contribution < 1.29 is 18.9 Å². The number of hydrogen-bond acceptors (Lipinski definition) is 9. The van der Waals surface area contributed by atoms with Gasteiger partial charge in [0.2, 0.25) is 5.95 Å². The van der Waals surface area contributed by atoms with Gasteiger partial charge in [-0.3, -0.25) is 4.79 Å². The second kappa shape index (κ2) is 13.4. The first-order chi connectivity index (χ1) is 23.0. The van der Waals surface area contributed by atoms with Gasteiger partial charge in [0.25, 0.3) is 5.56 Å². The van der Waals surface area contributed by atoms with Crippen LogP contribution in [0.2, 0.25) is 5.02 Å². The molecule has 1 N–H and O–H groups in total. The van der Waals surface area contributed by atoms with Gasteiger partial charge >= 0.3 is 0 Å². The Hall–Kier alpha value is -4.91. The molecule has 0 radical (unpaired) electrons. The molecule has 13 heteroatoms. The number of ether oxygens (including phenoxy) is 4. The first-order valence-electron chi connectivity index (χ1n) is 15.4. The number of imidazole rings is 1. The molecule has 1 saturated carbocycles. The second-order valence-electron chi connectivity index (χ2n) is 11.4. The zero-order valence-corrected chi connectivity index (χ0v) is 26.8. The van der Waals surface area contributed by atoms with Gasteiger partial charge in [-0.15, -0.1) is 0 Å². The molecule has 12 nitrogen and oxygen atoms in total. The number of nitrogens with one attached hydrogen (secondary N) is 1. The van der Waals surface area contributed by atoms with E-state index in [1.54, 1.807) is 33.2 Å². The number of halogens is 1. The van der Waals surface area contributed by atoms with Crippen LogP contribution in [0.1, 0.15) is 29.9 Å². The molecule has 242 valence electrons. The van der Waals surface area contributed by atoms with E-state index in [0.717, 1.165) is 29.5 Å². The lowest BCUT2D eigenvalue weighted by atomic mass is 10.2. The highest BCUT2D eigenvalue weighted by atomic mass is 35.5. The molecule has 0 amide bonds. The quantitative estimate of drug-likeness (QED) is 0.139. The van der Waals surface area contributed by atoms with E-state index in [2.05, 4.69) is 20.4 Å². The summed E-state index contributed by atoms with van der Waals surface area (Å²) >= 11 is 6.88. The fraction of sp³-hybridized carbons (Fsp3) is 0.294. The maximum Gasteiger partial charge on any atom is 0.274 e. The molecule has 5 aromatic heterocycles. The molecule has 0 atom stereocenters. The maximum absolute atomic E-state index is 13.6. The molecule has 0 saturated heterocycles. The van der Waals surface area contributed by atoms with E-state index in [4.69, 9.17) is 30.5 Å². The van der Waals surface area contributed by atoms with Crippen LogP contribution < -0.4 is 20.3 Å². The molecule has 0 bridgehead atoms. The zero-order chi connectivity index (χ0) is 32.3. The molecular weight excluding hydrogens is 622 g/mol. The Morgan fingerprint density at radius 2 is 1.87 bits per heavy atom. The lowest BCUT2D eigenvalue weighted by Gasteiger charge is -2.13. The molecular formula is C34H34ClN7O5. The minimum atomic E-state index is -0.159. The molecule has 7 rings (SSSR count). The molecule has 5 heterocycles. The first-order valence-corrected chi connectivity index (χ1v) is 15.8. The van der Waals surface area contributed by atoms with E-state index < -0.39 is 0 Å². The van der Waals surface area contributed by atoms with Crippen molar-refractivity contribution in [1.29, 1.82) is 0 Å². The van der Waals surface area contributed by atoms with E-state index >= 15 is 0 Å². The van der Waals surface area contributed by atoms with Crippen LogP contribution in [0, 0.1) is 0 Å². The van der Waals surface area contributed by atoms with Crippen LogP contribution in [0.4, 0.5) is 11.6 Å². The molecule has 1 aliphatic rings. The van der Waals surface area contributed by atoms with Crippen molar-refractivity contribution in [3.8, 4) is 17.2 Å². The average Bonchev–Trinajstić information content (AvgIpc) is 3.79. The maximum atomic E-state index is 13.6. The van der Waals surface area contributed by atoms with Crippen molar-refractivity contribution in [3.05, 3.63) is 99.8 Å². The fourth-order valence-corrected chi connectivity index (χ4v) is 5.66. The van der Waals surface area contributed by atoms with Crippen LogP contribution in [0.15, 0.2) is 78.1 Å². The third kappa shape index (κ3) is 6.66. The molecule has 1 fully saturated rings. The Morgan fingerprint density at radius 1 is 1.02 bits per heavy atom. The van der Waals surface area contributed by atoms with Crippen LogP contribution in [-0.4, -0.2) is 55.6 Å². The van der Waals surface area contributed by atoms with Crippen molar-refractivity contribution in [2.24, 2.45) is 7.05 Å². The summed E-state index contributed by atoms with van der Waals surface area (Å²) in [6.07, 6.45) is 9.06. The van der Waals surface area contributed by atoms with Gasteiger partial charge in [0, 0.05) is 26.9 Å². The largest absolute Gasteiger partial charge is 0.490 e. The molecule has 1 aliphatic carbocycles. The summed E-state index contributed by atoms with van der Waals surface area (Å²) in [5.74, 6) is 2.38. The van der Waals surface area contributed by atoms with Crippen LogP contribution >= 0.6 is 11.6 Å². The third-order valence-corrected chi connectivity index (χ3v) is 8.39. The highest BCUT2D eigenvalue weighted by Crippen LogP contribution is 2.41. The number of anilines is 2. The van der Waals surface area contributed by atoms with Crippen LogP contribution in [0.25, 0.3) is 16.7 Å². The van der Waals surface area contributed by atoms with E-state index in [1.165, 1.54) is 6.20 Å². The van der Waals surface area contributed by atoms with Gasteiger partial charge < -0.3 is 33.4 Å². The summed E-state index contributed by atoms with van der Waals surface area (Å²) in [7, 11) is 3.44. The topological polar surface area (TPSA) is 119 Å². The summed E-state index contributed by atoms with van der Waals surface area (Å²) < 4.78 is 27.9. The van der Waals surface area contributed by atoms with Crippen molar-refractivity contribution in [2.45, 2.75) is 31.9 Å². The van der Waals surface area contributed by atoms with Crippen molar-refractivity contribution in [1.82, 2.24) is 28.7 Å². The Morgan fingerprint density at radius 3 is 2.68 bits per heavy atom. The number of benzene rings is 1. The summed E-state index contributed by atoms with van der Waals surface area (Å²) in [6.45, 7) is 2.25. The number of rotatable bonds is 14. The summed E-state index contributed by atoms with van der Waals surface area (Å²) in [4.78, 5) is 22.7. The van der Waals surface area contributed by atoms with Crippen molar-refractivity contribution in [2.75, 3.05) is 32.2 Å². The Labute approximate surface area is 275 Å². The van der Waals surface area contributed by atoms with Crippen LogP contribution in [0.5, 0.6) is 17.2 Å². The van der Waals surface area contributed by atoms with E-state index in [1.807, 2.05) is 61.8 Å². The molecule has 0 aliphatic heterocycles. The molecule has 0 spiro atoms. The van der Waals surface area contributed by atoms with Gasteiger partial charge in [-0.25, -0.2) is 9.50 Å². The molecule has 47 heavy (non-hydrogen) atoms. The molecule has 0 unspecified atom stereocenters. The normalized spacial score (nSPS) is 13.0. The number of nitrogens with zero attached hydrogens (tertiary/aromatic N) is 6. The fourth-order valence-electron chi connectivity index (χ4n) is 5.37. The van der Waals surface area contributed by atoms with Gasteiger partial charge in [0.1, 0.15) is 34.1 Å².